The van der Waals surface area contributed by atoms with Gasteiger partial charge in [0.05, 0.1) is 24.3 Å². The molecule has 0 radical (unpaired) electrons. The Hall–Kier alpha value is -2.05. The van der Waals surface area contributed by atoms with Crippen molar-refractivity contribution in [2.45, 2.75) is 31.7 Å². The lowest BCUT2D eigenvalue weighted by molar-refractivity contribution is 0.228. The molecule has 0 bridgehead atoms. The maximum atomic E-state index is 9.60. The van der Waals surface area contributed by atoms with Crippen molar-refractivity contribution in [2.75, 3.05) is 42.6 Å². The van der Waals surface area contributed by atoms with E-state index in [0.29, 0.717) is 17.5 Å². The number of hydrogen-bond acceptors (Lipinski definition) is 6. The van der Waals surface area contributed by atoms with E-state index in [0.717, 1.165) is 62.7 Å². The van der Waals surface area contributed by atoms with E-state index in [2.05, 4.69) is 25.8 Å². The summed E-state index contributed by atoms with van der Waals surface area (Å²) in [5, 5.41) is 10.3. The van der Waals surface area contributed by atoms with Crippen LogP contribution in [0.25, 0.3) is 0 Å². The van der Waals surface area contributed by atoms with Gasteiger partial charge in [0, 0.05) is 31.6 Å². The van der Waals surface area contributed by atoms with Crippen molar-refractivity contribution in [1.82, 2.24) is 9.97 Å². The quantitative estimate of drug-likeness (QED) is 0.799. The standard InChI is InChI=1S/C21H27ClN4O2/c22-18-7-1-2-8-19(18)28-14-16-5-3-9-25(12-16)20-11-21(24-15-23-20)26-10-4-6-17(26)13-27/h1-2,7-8,11,15-17,27H,3-6,9-10,12-14H2. The lowest BCUT2D eigenvalue weighted by atomic mass is 9.99. The van der Waals surface area contributed by atoms with Crippen LogP contribution in [-0.4, -0.2) is 54.0 Å². The Balaban J connectivity index is 1.40. The van der Waals surface area contributed by atoms with Gasteiger partial charge in [-0.05, 0) is 37.8 Å². The molecule has 0 spiro atoms. The molecular weight excluding hydrogens is 376 g/mol. The summed E-state index contributed by atoms with van der Waals surface area (Å²) < 4.78 is 5.97. The minimum absolute atomic E-state index is 0.167. The summed E-state index contributed by atoms with van der Waals surface area (Å²) in [4.78, 5) is 13.5. The number of hydrogen-bond donors (Lipinski definition) is 1. The molecule has 150 valence electrons. The summed E-state index contributed by atoms with van der Waals surface area (Å²) in [7, 11) is 0. The largest absolute Gasteiger partial charge is 0.492 e. The first-order valence-corrected chi connectivity index (χ1v) is 10.4. The van der Waals surface area contributed by atoms with E-state index in [1.54, 1.807) is 6.33 Å². The van der Waals surface area contributed by atoms with Gasteiger partial charge in [0.2, 0.25) is 0 Å². The van der Waals surface area contributed by atoms with Gasteiger partial charge in [-0.3, -0.25) is 0 Å². The van der Waals surface area contributed by atoms with E-state index in [1.165, 1.54) is 0 Å². The van der Waals surface area contributed by atoms with E-state index in [9.17, 15) is 5.11 Å². The molecule has 2 aromatic rings. The summed E-state index contributed by atoms with van der Waals surface area (Å²) in [6, 6.07) is 9.84. The molecule has 28 heavy (non-hydrogen) atoms. The van der Waals surface area contributed by atoms with Crippen LogP contribution in [0.1, 0.15) is 25.7 Å². The van der Waals surface area contributed by atoms with Crippen molar-refractivity contribution >= 4 is 23.2 Å². The highest BCUT2D eigenvalue weighted by atomic mass is 35.5. The van der Waals surface area contributed by atoms with Gasteiger partial charge in [0.1, 0.15) is 23.7 Å². The van der Waals surface area contributed by atoms with Gasteiger partial charge >= 0.3 is 0 Å². The van der Waals surface area contributed by atoms with Crippen molar-refractivity contribution in [3.8, 4) is 5.75 Å². The summed E-state index contributed by atoms with van der Waals surface area (Å²) in [6.45, 7) is 3.66. The number of aromatic nitrogens is 2. The van der Waals surface area contributed by atoms with Crippen LogP contribution in [0.4, 0.5) is 11.6 Å². The number of para-hydroxylation sites is 1. The van der Waals surface area contributed by atoms with Crippen LogP contribution in [0, 0.1) is 5.92 Å². The molecule has 7 heteroatoms. The van der Waals surface area contributed by atoms with E-state index in [4.69, 9.17) is 16.3 Å². The molecule has 3 heterocycles. The van der Waals surface area contributed by atoms with Crippen LogP contribution in [0.3, 0.4) is 0 Å². The molecule has 2 aliphatic heterocycles. The Morgan fingerprint density at radius 1 is 1.11 bits per heavy atom. The van der Waals surface area contributed by atoms with Gasteiger partial charge in [-0.1, -0.05) is 23.7 Å². The number of piperidine rings is 1. The van der Waals surface area contributed by atoms with Gasteiger partial charge in [0.15, 0.2) is 0 Å². The first-order valence-electron chi connectivity index (χ1n) is 10.1. The van der Waals surface area contributed by atoms with Gasteiger partial charge in [-0.15, -0.1) is 0 Å². The maximum absolute atomic E-state index is 9.60. The molecule has 1 aromatic heterocycles. The van der Waals surface area contributed by atoms with Gasteiger partial charge in [0.25, 0.3) is 0 Å². The molecule has 2 fully saturated rings. The van der Waals surface area contributed by atoms with Gasteiger partial charge in [-0.25, -0.2) is 9.97 Å². The number of aliphatic hydroxyl groups is 1. The highest BCUT2D eigenvalue weighted by Gasteiger charge is 2.27. The third-order valence-electron chi connectivity index (χ3n) is 5.67. The van der Waals surface area contributed by atoms with E-state index >= 15 is 0 Å². The van der Waals surface area contributed by atoms with E-state index in [1.807, 2.05) is 24.3 Å². The lowest BCUT2D eigenvalue weighted by Gasteiger charge is -2.34. The molecule has 2 atom stereocenters. The molecule has 0 amide bonds. The summed E-state index contributed by atoms with van der Waals surface area (Å²) in [5.74, 6) is 3.04. The van der Waals surface area contributed by atoms with E-state index < -0.39 is 0 Å². The Morgan fingerprint density at radius 3 is 2.79 bits per heavy atom. The smallest absolute Gasteiger partial charge is 0.137 e. The Morgan fingerprint density at radius 2 is 1.93 bits per heavy atom. The van der Waals surface area contributed by atoms with Crippen LogP contribution in [0.5, 0.6) is 5.75 Å². The Kier molecular flexibility index (Phi) is 6.17. The minimum atomic E-state index is 0.167. The normalized spacial score (nSPS) is 22.5. The lowest BCUT2D eigenvalue weighted by Crippen LogP contribution is -2.38. The van der Waals surface area contributed by atoms with Crippen molar-refractivity contribution in [3.63, 3.8) is 0 Å². The van der Waals surface area contributed by atoms with Gasteiger partial charge in [-0.2, -0.15) is 0 Å². The van der Waals surface area contributed by atoms with Crippen molar-refractivity contribution in [3.05, 3.63) is 41.7 Å². The number of rotatable bonds is 6. The predicted molar refractivity (Wildman–Crippen MR) is 111 cm³/mol. The number of aliphatic hydroxyl groups excluding tert-OH is 1. The van der Waals surface area contributed by atoms with Crippen molar-refractivity contribution in [1.29, 1.82) is 0 Å². The topological polar surface area (TPSA) is 61.7 Å². The zero-order valence-electron chi connectivity index (χ0n) is 16.0. The fourth-order valence-corrected chi connectivity index (χ4v) is 4.36. The second-order valence-corrected chi connectivity index (χ2v) is 8.01. The average Bonchev–Trinajstić information content (AvgIpc) is 3.22. The second-order valence-electron chi connectivity index (χ2n) is 7.60. The van der Waals surface area contributed by atoms with Crippen LogP contribution < -0.4 is 14.5 Å². The predicted octanol–water partition coefficient (Wildman–Crippen LogP) is 3.39. The molecular formula is C21H27ClN4O2. The van der Waals surface area contributed by atoms with Crippen molar-refractivity contribution in [2.24, 2.45) is 5.92 Å². The van der Waals surface area contributed by atoms with Crippen LogP contribution in [0.2, 0.25) is 5.02 Å². The Bertz CT molecular complexity index is 791. The molecule has 4 rings (SSSR count). The number of halogens is 1. The number of anilines is 2. The van der Waals surface area contributed by atoms with E-state index in [-0.39, 0.29) is 12.6 Å². The number of ether oxygens (including phenoxy) is 1. The fourth-order valence-electron chi connectivity index (χ4n) is 4.17. The average molecular weight is 403 g/mol. The minimum Gasteiger partial charge on any atom is -0.492 e. The highest BCUT2D eigenvalue weighted by Crippen LogP contribution is 2.29. The highest BCUT2D eigenvalue weighted by molar-refractivity contribution is 6.32. The molecule has 2 saturated heterocycles. The summed E-state index contributed by atoms with van der Waals surface area (Å²) in [5.41, 5.74) is 0. The monoisotopic (exact) mass is 402 g/mol. The van der Waals surface area contributed by atoms with Crippen LogP contribution >= 0.6 is 11.6 Å². The number of nitrogens with zero attached hydrogens (tertiary/aromatic N) is 4. The SMILES string of the molecule is OCC1CCCN1c1cc(N2CCCC(COc3ccccc3Cl)C2)ncn1. The second kappa shape index (κ2) is 8.97. The number of benzene rings is 1. The third kappa shape index (κ3) is 4.33. The molecule has 2 aliphatic rings. The molecule has 0 saturated carbocycles. The molecule has 6 nitrogen and oxygen atoms in total. The fraction of sp³-hybridized carbons (Fsp3) is 0.524. The zero-order valence-corrected chi connectivity index (χ0v) is 16.8. The molecule has 1 aromatic carbocycles. The first-order chi connectivity index (χ1) is 13.7. The molecule has 0 aliphatic carbocycles. The van der Waals surface area contributed by atoms with Crippen LogP contribution in [-0.2, 0) is 0 Å². The third-order valence-corrected chi connectivity index (χ3v) is 5.99. The maximum Gasteiger partial charge on any atom is 0.137 e. The molecule has 1 N–H and O–H groups in total. The first kappa shape index (κ1) is 19.3. The van der Waals surface area contributed by atoms with Gasteiger partial charge < -0.3 is 19.6 Å². The Labute approximate surface area is 171 Å². The van der Waals surface area contributed by atoms with Crippen LogP contribution in [0.15, 0.2) is 36.7 Å². The van der Waals surface area contributed by atoms with Crippen molar-refractivity contribution < 1.29 is 9.84 Å². The zero-order chi connectivity index (χ0) is 19.3. The molecule has 2 unspecified atom stereocenters. The summed E-state index contributed by atoms with van der Waals surface area (Å²) in [6.07, 6.45) is 5.99. The summed E-state index contributed by atoms with van der Waals surface area (Å²) >= 11 is 6.20.